The van der Waals surface area contributed by atoms with Crippen LogP contribution in [0.5, 0.6) is 0 Å². The highest BCUT2D eigenvalue weighted by molar-refractivity contribution is 6.08. The Kier molecular flexibility index (Phi) is 5.29. The summed E-state index contributed by atoms with van der Waals surface area (Å²) in [5, 5.41) is 13.1. The molecule has 1 fully saturated rings. The number of nitrogens with one attached hydrogen (secondary N) is 2. The first-order valence-electron chi connectivity index (χ1n) is 9.50. The highest BCUT2D eigenvalue weighted by atomic mass is 19.3. The molecule has 0 saturated heterocycles. The summed E-state index contributed by atoms with van der Waals surface area (Å²) in [6.07, 6.45) is 0.674. The molecule has 0 unspecified atom stereocenters. The summed E-state index contributed by atoms with van der Waals surface area (Å²) in [6, 6.07) is 0.420. The molecule has 166 valence electrons. The molecule has 0 radical (unpaired) electrons. The van der Waals surface area contributed by atoms with Crippen molar-refractivity contribution < 1.29 is 22.4 Å². The van der Waals surface area contributed by atoms with E-state index >= 15 is 0 Å². The number of aryl methyl sites for hydroxylation is 1. The number of hydrogen-bond donors (Lipinski definition) is 3. The van der Waals surface area contributed by atoms with Crippen molar-refractivity contribution in [3.8, 4) is 0 Å². The van der Waals surface area contributed by atoms with Crippen molar-refractivity contribution in [2.45, 2.75) is 43.7 Å². The number of halogens is 4. The van der Waals surface area contributed by atoms with Gasteiger partial charge in [0.15, 0.2) is 11.3 Å². The lowest BCUT2D eigenvalue weighted by Gasteiger charge is -2.34. The molecule has 3 aromatic rings. The van der Waals surface area contributed by atoms with Crippen LogP contribution in [0.1, 0.15) is 41.7 Å². The van der Waals surface area contributed by atoms with Gasteiger partial charge in [-0.1, -0.05) is 0 Å². The number of hydrogen-bond acceptors (Lipinski definition) is 6. The van der Waals surface area contributed by atoms with E-state index < -0.39 is 42.5 Å². The number of nitrogens with zero attached hydrogens (tertiary/aromatic N) is 5. The fraction of sp³-hybridized carbons (Fsp3) is 0.444. The number of anilines is 2. The second-order valence-electron chi connectivity index (χ2n) is 7.51. The summed E-state index contributed by atoms with van der Waals surface area (Å²) in [7, 11) is 1.46. The third-order valence-electron chi connectivity index (χ3n) is 5.13. The number of alkyl halides is 4. The second-order valence-corrected chi connectivity index (χ2v) is 7.51. The maximum absolute atomic E-state index is 13.5. The minimum absolute atomic E-state index is 0.0483. The van der Waals surface area contributed by atoms with E-state index in [-0.39, 0.29) is 29.7 Å². The number of rotatable bonds is 5. The molecule has 13 heteroatoms. The van der Waals surface area contributed by atoms with Crippen molar-refractivity contribution >= 4 is 23.1 Å². The van der Waals surface area contributed by atoms with Crippen LogP contribution in [-0.4, -0.2) is 48.3 Å². The molecule has 1 saturated carbocycles. The molecular weight excluding hydrogens is 420 g/mol. The van der Waals surface area contributed by atoms with Gasteiger partial charge in [0.05, 0.1) is 11.9 Å². The molecule has 1 aliphatic rings. The van der Waals surface area contributed by atoms with Crippen LogP contribution in [0.25, 0.3) is 5.65 Å². The Labute approximate surface area is 173 Å². The minimum atomic E-state index is -2.86. The summed E-state index contributed by atoms with van der Waals surface area (Å²) in [4.78, 5) is 17.0. The highest BCUT2D eigenvalue weighted by Gasteiger charge is 2.40. The number of amides is 1. The molecular formula is C18H20F4N8O. The van der Waals surface area contributed by atoms with Crippen molar-refractivity contribution in [3.05, 3.63) is 35.9 Å². The lowest BCUT2D eigenvalue weighted by molar-refractivity contribution is -0.0422. The Hall–Kier alpha value is -3.22. The molecule has 2 atom stereocenters. The lowest BCUT2D eigenvalue weighted by atomic mass is 9.88. The van der Waals surface area contributed by atoms with Crippen LogP contribution in [-0.2, 0) is 7.05 Å². The SMILES string of the molecule is Cn1cc(NC(=O)c2cnn3ccc(N[C@H]4CCC(F)(F)C[C@H]4N)nc23)c(C(F)F)n1. The quantitative estimate of drug-likeness (QED) is 0.526. The zero-order chi connectivity index (χ0) is 22.3. The van der Waals surface area contributed by atoms with E-state index in [0.717, 1.165) is 0 Å². The first-order chi connectivity index (χ1) is 14.6. The summed E-state index contributed by atoms with van der Waals surface area (Å²) in [6.45, 7) is 0. The van der Waals surface area contributed by atoms with E-state index in [1.165, 1.54) is 28.6 Å². The van der Waals surface area contributed by atoms with Gasteiger partial charge in [-0.15, -0.1) is 0 Å². The standard InChI is InChI=1S/C18H20F4N8O/c1-29-8-12(14(28-29)15(19)20)26-17(31)9-7-24-30-5-3-13(27-16(9)30)25-11-2-4-18(21,22)6-10(11)23/h3,5,7-8,10-11,15H,2,4,6,23H2,1H3,(H,25,27)(H,26,31)/t10-,11+/m1/s1. The molecule has 0 spiro atoms. The molecule has 3 aromatic heterocycles. The van der Waals surface area contributed by atoms with Gasteiger partial charge in [-0.05, 0) is 12.5 Å². The molecule has 1 aliphatic carbocycles. The highest BCUT2D eigenvalue weighted by Crippen LogP contribution is 2.33. The van der Waals surface area contributed by atoms with Crippen molar-refractivity contribution in [2.24, 2.45) is 12.8 Å². The van der Waals surface area contributed by atoms with Crippen molar-refractivity contribution in [1.82, 2.24) is 24.4 Å². The smallest absolute Gasteiger partial charge is 0.284 e. The molecule has 0 aromatic carbocycles. The molecule has 0 aliphatic heterocycles. The fourth-order valence-electron chi connectivity index (χ4n) is 3.60. The van der Waals surface area contributed by atoms with Crippen LogP contribution in [0.2, 0.25) is 0 Å². The Morgan fingerprint density at radius 2 is 2.16 bits per heavy atom. The van der Waals surface area contributed by atoms with Gasteiger partial charge >= 0.3 is 0 Å². The summed E-state index contributed by atoms with van der Waals surface area (Å²) in [5.41, 5.74) is 5.42. The Morgan fingerprint density at radius 3 is 2.87 bits per heavy atom. The number of carbonyl (C=O) groups excluding carboxylic acids is 1. The van der Waals surface area contributed by atoms with Crippen LogP contribution < -0.4 is 16.4 Å². The maximum Gasteiger partial charge on any atom is 0.284 e. The average Bonchev–Trinajstić information content (AvgIpc) is 3.26. The predicted octanol–water partition coefficient (Wildman–Crippen LogP) is 2.58. The molecule has 0 bridgehead atoms. The molecule has 31 heavy (non-hydrogen) atoms. The van der Waals surface area contributed by atoms with Gasteiger partial charge in [-0.2, -0.15) is 10.2 Å². The minimum Gasteiger partial charge on any atom is -0.366 e. The van der Waals surface area contributed by atoms with E-state index in [1.54, 1.807) is 12.3 Å². The van der Waals surface area contributed by atoms with Crippen LogP contribution >= 0.6 is 0 Å². The first-order valence-corrected chi connectivity index (χ1v) is 9.50. The zero-order valence-electron chi connectivity index (χ0n) is 16.4. The van der Waals surface area contributed by atoms with E-state index in [4.69, 9.17) is 5.73 Å². The average molecular weight is 440 g/mol. The number of aromatic nitrogens is 5. The molecule has 4 N–H and O–H groups in total. The van der Waals surface area contributed by atoms with Gasteiger partial charge in [0, 0.05) is 44.4 Å². The Bertz CT molecular complexity index is 1110. The predicted molar refractivity (Wildman–Crippen MR) is 103 cm³/mol. The van der Waals surface area contributed by atoms with Crippen molar-refractivity contribution in [1.29, 1.82) is 0 Å². The monoisotopic (exact) mass is 440 g/mol. The Morgan fingerprint density at radius 1 is 1.39 bits per heavy atom. The molecule has 3 heterocycles. The largest absolute Gasteiger partial charge is 0.366 e. The van der Waals surface area contributed by atoms with Gasteiger partial charge in [0.2, 0.25) is 5.92 Å². The summed E-state index contributed by atoms with van der Waals surface area (Å²) >= 11 is 0. The number of nitrogens with two attached hydrogens (primary N) is 1. The van der Waals surface area contributed by atoms with Gasteiger partial charge in [0.1, 0.15) is 11.4 Å². The van der Waals surface area contributed by atoms with Gasteiger partial charge in [-0.3, -0.25) is 9.48 Å². The summed E-state index contributed by atoms with van der Waals surface area (Å²) < 4.78 is 55.8. The van der Waals surface area contributed by atoms with E-state index in [9.17, 15) is 22.4 Å². The summed E-state index contributed by atoms with van der Waals surface area (Å²) in [5.74, 6) is -3.14. The van der Waals surface area contributed by atoms with Crippen molar-refractivity contribution in [2.75, 3.05) is 10.6 Å². The van der Waals surface area contributed by atoms with Gasteiger partial charge < -0.3 is 16.4 Å². The van der Waals surface area contributed by atoms with Crippen LogP contribution in [0.4, 0.5) is 29.1 Å². The van der Waals surface area contributed by atoms with Crippen LogP contribution in [0, 0.1) is 0 Å². The number of carbonyl (C=O) groups is 1. The third-order valence-corrected chi connectivity index (χ3v) is 5.13. The molecule has 4 rings (SSSR count). The third kappa shape index (κ3) is 4.31. The van der Waals surface area contributed by atoms with E-state index in [0.29, 0.717) is 5.82 Å². The van der Waals surface area contributed by atoms with E-state index in [1.807, 2.05) is 0 Å². The first kappa shape index (κ1) is 21.0. The zero-order valence-corrected chi connectivity index (χ0v) is 16.4. The number of fused-ring (bicyclic) bond motifs is 1. The van der Waals surface area contributed by atoms with E-state index in [2.05, 4.69) is 25.8 Å². The topological polar surface area (TPSA) is 115 Å². The van der Waals surface area contributed by atoms with Crippen LogP contribution in [0.15, 0.2) is 24.7 Å². The van der Waals surface area contributed by atoms with Crippen LogP contribution in [0.3, 0.4) is 0 Å². The molecule has 1 amide bonds. The maximum atomic E-state index is 13.5. The lowest BCUT2D eigenvalue weighted by Crippen LogP contribution is -2.48. The molecule has 9 nitrogen and oxygen atoms in total. The van der Waals surface area contributed by atoms with Gasteiger partial charge in [0.25, 0.3) is 12.3 Å². The van der Waals surface area contributed by atoms with Crippen molar-refractivity contribution in [3.63, 3.8) is 0 Å². The fourth-order valence-corrected chi connectivity index (χ4v) is 3.60. The normalized spacial score (nSPS) is 20.9. The second kappa shape index (κ2) is 7.80. The van der Waals surface area contributed by atoms with Gasteiger partial charge in [-0.25, -0.2) is 27.1 Å². The Balaban J connectivity index is 1.55.